The molecule has 0 radical (unpaired) electrons. The molecule has 0 spiro atoms. The predicted octanol–water partition coefficient (Wildman–Crippen LogP) is 3.92. The first-order chi connectivity index (χ1) is 8.03. The van der Waals surface area contributed by atoms with Crippen molar-refractivity contribution in [3.63, 3.8) is 0 Å². The zero-order valence-corrected chi connectivity index (χ0v) is 10.7. The summed E-state index contributed by atoms with van der Waals surface area (Å²) < 4.78 is 13.4. The normalized spacial score (nSPS) is 29.3. The highest BCUT2D eigenvalue weighted by Crippen LogP contribution is 2.41. The molecule has 2 atom stereocenters. The Morgan fingerprint density at radius 3 is 2.82 bits per heavy atom. The van der Waals surface area contributed by atoms with Crippen molar-refractivity contribution in [2.45, 2.75) is 51.6 Å². The fraction of sp³-hybridized carbons (Fsp3) is 0.600. The molecule has 94 valence electrons. The minimum absolute atomic E-state index is 0.243. The van der Waals surface area contributed by atoms with E-state index < -0.39 is 5.60 Å². The lowest BCUT2D eigenvalue weighted by Crippen LogP contribution is -2.32. The van der Waals surface area contributed by atoms with Gasteiger partial charge in [0, 0.05) is 0 Å². The summed E-state index contributed by atoms with van der Waals surface area (Å²) >= 11 is 0. The van der Waals surface area contributed by atoms with E-state index in [2.05, 4.69) is 6.92 Å². The zero-order chi connectivity index (χ0) is 12.5. The monoisotopic (exact) mass is 236 g/mol. The Balaban J connectivity index is 2.30. The Labute approximate surface area is 103 Å². The van der Waals surface area contributed by atoms with Crippen LogP contribution in [0.3, 0.4) is 0 Å². The molecule has 1 nitrogen and oxygen atoms in total. The molecule has 0 aliphatic heterocycles. The number of aliphatic hydroxyl groups is 1. The van der Waals surface area contributed by atoms with E-state index in [1.54, 1.807) is 0 Å². The number of hydrogen-bond acceptors (Lipinski definition) is 1. The first-order valence-electron chi connectivity index (χ1n) is 6.53. The van der Waals surface area contributed by atoms with Crippen LogP contribution in [0.4, 0.5) is 4.39 Å². The predicted molar refractivity (Wildman–Crippen MR) is 67.3 cm³/mol. The summed E-state index contributed by atoms with van der Waals surface area (Å²) in [5.41, 5.74) is 0.825. The van der Waals surface area contributed by atoms with Crippen LogP contribution in [0, 0.1) is 18.7 Å². The van der Waals surface area contributed by atoms with Crippen molar-refractivity contribution in [1.82, 2.24) is 0 Å². The third kappa shape index (κ3) is 2.68. The molecule has 1 saturated carbocycles. The van der Waals surface area contributed by atoms with E-state index in [1.165, 1.54) is 18.6 Å². The van der Waals surface area contributed by atoms with E-state index in [-0.39, 0.29) is 5.82 Å². The second-order valence-electron chi connectivity index (χ2n) is 5.42. The molecule has 1 N–H and O–H groups in total. The third-order valence-electron chi connectivity index (χ3n) is 3.99. The molecule has 0 aromatic heterocycles. The minimum Gasteiger partial charge on any atom is -0.385 e. The summed E-state index contributed by atoms with van der Waals surface area (Å²) in [5.74, 6) is 0.323. The van der Waals surface area contributed by atoms with Gasteiger partial charge in [-0.15, -0.1) is 0 Å². The first-order valence-corrected chi connectivity index (χ1v) is 6.53. The van der Waals surface area contributed by atoms with E-state index in [9.17, 15) is 9.50 Å². The van der Waals surface area contributed by atoms with Crippen LogP contribution in [0.5, 0.6) is 0 Å². The number of rotatable bonds is 2. The molecule has 2 unspecified atom stereocenters. The van der Waals surface area contributed by atoms with Crippen LogP contribution >= 0.6 is 0 Å². The number of halogens is 1. The summed E-state index contributed by atoms with van der Waals surface area (Å²) in [6.07, 6.45) is 4.84. The van der Waals surface area contributed by atoms with Gasteiger partial charge in [0.2, 0.25) is 0 Å². The Hall–Kier alpha value is -0.890. The first kappa shape index (κ1) is 12.6. The van der Waals surface area contributed by atoms with Gasteiger partial charge in [0.1, 0.15) is 5.82 Å². The average Bonchev–Trinajstić information content (AvgIpc) is 2.28. The van der Waals surface area contributed by atoms with Gasteiger partial charge in [-0.05, 0) is 55.4 Å². The largest absolute Gasteiger partial charge is 0.385 e. The van der Waals surface area contributed by atoms with Crippen molar-refractivity contribution < 1.29 is 9.50 Å². The van der Waals surface area contributed by atoms with Gasteiger partial charge < -0.3 is 5.11 Å². The van der Waals surface area contributed by atoms with Gasteiger partial charge in [-0.1, -0.05) is 25.8 Å². The summed E-state index contributed by atoms with van der Waals surface area (Å²) in [6, 6.07) is 4.92. The van der Waals surface area contributed by atoms with Gasteiger partial charge in [0.15, 0.2) is 0 Å². The van der Waals surface area contributed by atoms with Crippen molar-refractivity contribution in [2.24, 2.45) is 5.92 Å². The fourth-order valence-corrected chi connectivity index (χ4v) is 2.98. The summed E-state index contributed by atoms with van der Waals surface area (Å²) in [7, 11) is 0. The van der Waals surface area contributed by atoms with Crippen molar-refractivity contribution in [1.29, 1.82) is 0 Å². The second kappa shape index (κ2) is 4.77. The van der Waals surface area contributed by atoms with Crippen LogP contribution in [0.15, 0.2) is 18.2 Å². The Morgan fingerprint density at radius 2 is 2.18 bits per heavy atom. The van der Waals surface area contributed by atoms with Gasteiger partial charge >= 0.3 is 0 Å². The highest BCUT2D eigenvalue weighted by molar-refractivity contribution is 5.29. The van der Waals surface area contributed by atoms with Crippen molar-refractivity contribution in [3.8, 4) is 0 Å². The fourth-order valence-electron chi connectivity index (χ4n) is 2.98. The van der Waals surface area contributed by atoms with Gasteiger partial charge in [-0.25, -0.2) is 4.39 Å². The van der Waals surface area contributed by atoms with Gasteiger partial charge in [0.05, 0.1) is 5.60 Å². The lowest BCUT2D eigenvalue weighted by Gasteiger charge is -2.37. The van der Waals surface area contributed by atoms with E-state index in [0.717, 1.165) is 36.8 Å². The molecule has 2 heteroatoms. The Kier molecular flexibility index (Phi) is 3.53. The van der Waals surface area contributed by atoms with E-state index in [1.807, 2.05) is 13.0 Å². The van der Waals surface area contributed by atoms with Crippen LogP contribution in [0.2, 0.25) is 0 Å². The number of benzene rings is 1. The molecule has 1 fully saturated rings. The molecule has 1 aromatic rings. The van der Waals surface area contributed by atoms with Crippen LogP contribution in [0.25, 0.3) is 0 Å². The SMILES string of the molecule is CCC1CCCC(O)(c2cc(C)cc(F)c2)C1. The molecule has 0 bridgehead atoms. The van der Waals surface area contributed by atoms with Gasteiger partial charge in [-0.2, -0.15) is 0 Å². The molecule has 0 saturated heterocycles. The molecule has 17 heavy (non-hydrogen) atoms. The van der Waals surface area contributed by atoms with E-state index in [4.69, 9.17) is 0 Å². The topological polar surface area (TPSA) is 20.2 Å². The second-order valence-corrected chi connectivity index (χ2v) is 5.42. The summed E-state index contributed by atoms with van der Waals surface area (Å²) in [6.45, 7) is 4.03. The quantitative estimate of drug-likeness (QED) is 0.825. The minimum atomic E-state index is -0.814. The molecule has 0 amide bonds. The lowest BCUT2D eigenvalue weighted by molar-refractivity contribution is -0.0219. The third-order valence-corrected chi connectivity index (χ3v) is 3.99. The highest BCUT2D eigenvalue weighted by atomic mass is 19.1. The maximum Gasteiger partial charge on any atom is 0.123 e. The van der Waals surface area contributed by atoms with Gasteiger partial charge in [0.25, 0.3) is 0 Å². The van der Waals surface area contributed by atoms with E-state index in [0.29, 0.717) is 5.92 Å². The molecule has 1 aliphatic carbocycles. The highest BCUT2D eigenvalue weighted by Gasteiger charge is 2.35. The van der Waals surface area contributed by atoms with E-state index >= 15 is 0 Å². The zero-order valence-electron chi connectivity index (χ0n) is 10.7. The summed E-state index contributed by atoms with van der Waals surface area (Å²) in [4.78, 5) is 0. The van der Waals surface area contributed by atoms with Crippen LogP contribution < -0.4 is 0 Å². The molecule has 1 aliphatic rings. The van der Waals surface area contributed by atoms with Gasteiger partial charge in [-0.3, -0.25) is 0 Å². The Morgan fingerprint density at radius 1 is 1.41 bits per heavy atom. The molecular formula is C15H21FO. The number of aryl methyl sites for hydroxylation is 1. The van der Waals surface area contributed by atoms with Crippen molar-refractivity contribution >= 4 is 0 Å². The average molecular weight is 236 g/mol. The van der Waals surface area contributed by atoms with Crippen LogP contribution in [0.1, 0.15) is 50.2 Å². The molecule has 1 aromatic carbocycles. The van der Waals surface area contributed by atoms with Crippen LogP contribution in [-0.2, 0) is 5.60 Å². The Bertz CT molecular complexity index is 382. The van der Waals surface area contributed by atoms with Crippen molar-refractivity contribution in [2.75, 3.05) is 0 Å². The molecular weight excluding hydrogens is 215 g/mol. The molecule has 0 heterocycles. The van der Waals surface area contributed by atoms with Crippen molar-refractivity contribution in [3.05, 3.63) is 35.1 Å². The van der Waals surface area contributed by atoms with Crippen LogP contribution in [-0.4, -0.2) is 5.11 Å². The smallest absolute Gasteiger partial charge is 0.123 e. The number of hydrogen-bond donors (Lipinski definition) is 1. The standard InChI is InChI=1S/C15H21FO/c1-3-12-5-4-6-15(17,10-12)13-7-11(2)8-14(16)9-13/h7-9,12,17H,3-6,10H2,1-2H3. The molecule has 2 rings (SSSR count). The lowest BCUT2D eigenvalue weighted by atomic mass is 9.73. The maximum absolute atomic E-state index is 13.4. The summed E-state index contributed by atoms with van der Waals surface area (Å²) in [5, 5.41) is 10.7. The maximum atomic E-state index is 13.4.